The minimum absolute atomic E-state index is 0.185. The van der Waals surface area contributed by atoms with E-state index < -0.39 is 0 Å². The molecular formula is C23H24ClN3O2. The molecule has 2 heterocycles. The number of piperazine rings is 1. The number of hydrogen-bond donors (Lipinski definition) is 0. The topological polar surface area (TPSA) is 43.9 Å². The van der Waals surface area contributed by atoms with Crippen molar-refractivity contribution in [2.45, 2.75) is 13.3 Å². The molecule has 0 aromatic heterocycles. The standard InChI is InChI=1S/C23H24ClN3O2/c1-2-12-27-22(28)20(17-8-10-18(24)11-9-17)21(23(27)29)26-15-13-25(14-16-26)19-6-4-3-5-7-19/h3-11H,2,12-16H2,1H3. The van der Waals surface area contributed by atoms with Gasteiger partial charge in [-0.3, -0.25) is 14.5 Å². The Kier molecular flexibility index (Phi) is 5.58. The maximum absolute atomic E-state index is 13.2. The average Bonchev–Trinajstić information content (AvgIpc) is 3.00. The number of para-hydroxylation sites is 1. The number of carbonyl (C=O) groups excluding carboxylic acids is 2. The van der Waals surface area contributed by atoms with Crippen molar-refractivity contribution in [3.8, 4) is 0 Å². The van der Waals surface area contributed by atoms with Crippen molar-refractivity contribution in [3.63, 3.8) is 0 Å². The number of anilines is 1. The molecule has 29 heavy (non-hydrogen) atoms. The SMILES string of the molecule is CCCN1C(=O)C(c2ccc(Cl)cc2)=C(N2CCN(c3ccccc3)CC2)C1=O. The van der Waals surface area contributed by atoms with Crippen LogP contribution in [0, 0.1) is 0 Å². The highest BCUT2D eigenvalue weighted by molar-refractivity contribution is 6.36. The highest BCUT2D eigenvalue weighted by Crippen LogP contribution is 2.33. The van der Waals surface area contributed by atoms with Crippen molar-refractivity contribution in [2.75, 3.05) is 37.6 Å². The molecule has 0 unspecified atom stereocenters. The predicted molar refractivity (Wildman–Crippen MR) is 116 cm³/mol. The second kappa shape index (κ2) is 8.29. The number of rotatable bonds is 5. The third-order valence-electron chi connectivity index (χ3n) is 5.44. The Labute approximate surface area is 176 Å². The molecule has 0 aliphatic carbocycles. The fourth-order valence-electron chi connectivity index (χ4n) is 3.99. The number of hydrogen-bond acceptors (Lipinski definition) is 4. The fourth-order valence-corrected chi connectivity index (χ4v) is 4.11. The van der Waals surface area contributed by atoms with Crippen molar-refractivity contribution < 1.29 is 9.59 Å². The highest BCUT2D eigenvalue weighted by Gasteiger charge is 2.41. The smallest absolute Gasteiger partial charge is 0.277 e. The zero-order valence-corrected chi connectivity index (χ0v) is 17.2. The van der Waals surface area contributed by atoms with Gasteiger partial charge in [0.1, 0.15) is 5.70 Å². The van der Waals surface area contributed by atoms with Crippen molar-refractivity contribution in [1.82, 2.24) is 9.80 Å². The van der Waals surface area contributed by atoms with E-state index in [0.29, 0.717) is 35.9 Å². The van der Waals surface area contributed by atoms with E-state index in [0.717, 1.165) is 25.1 Å². The van der Waals surface area contributed by atoms with E-state index in [1.807, 2.05) is 37.3 Å². The molecule has 1 saturated heterocycles. The predicted octanol–water partition coefficient (Wildman–Crippen LogP) is 3.65. The fraction of sp³-hybridized carbons (Fsp3) is 0.304. The molecule has 2 aliphatic heterocycles. The van der Waals surface area contributed by atoms with Gasteiger partial charge in [-0.1, -0.05) is 48.9 Å². The number of amides is 2. The number of nitrogens with zero attached hydrogens (tertiary/aromatic N) is 3. The molecule has 2 aromatic rings. The summed E-state index contributed by atoms with van der Waals surface area (Å²) in [5, 5.41) is 0.606. The molecule has 0 bridgehead atoms. The molecule has 5 nitrogen and oxygen atoms in total. The summed E-state index contributed by atoms with van der Waals surface area (Å²) in [4.78, 5) is 32.0. The maximum atomic E-state index is 13.2. The quantitative estimate of drug-likeness (QED) is 0.707. The Hall–Kier alpha value is -2.79. The van der Waals surface area contributed by atoms with Crippen LogP contribution in [0.1, 0.15) is 18.9 Å². The van der Waals surface area contributed by atoms with Gasteiger partial charge >= 0.3 is 0 Å². The van der Waals surface area contributed by atoms with E-state index in [2.05, 4.69) is 21.9 Å². The lowest BCUT2D eigenvalue weighted by atomic mass is 10.0. The molecule has 0 radical (unpaired) electrons. The van der Waals surface area contributed by atoms with Crippen LogP contribution in [0.5, 0.6) is 0 Å². The molecule has 0 atom stereocenters. The average molecular weight is 410 g/mol. The van der Waals surface area contributed by atoms with Gasteiger partial charge < -0.3 is 9.80 Å². The van der Waals surface area contributed by atoms with Crippen LogP contribution < -0.4 is 4.90 Å². The van der Waals surface area contributed by atoms with Gasteiger partial charge in [0, 0.05) is 43.4 Å². The molecule has 150 valence electrons. The van der Waals surface area contributed by atoms with E-state index in [1.54, 1.807) is 12.1 Å². The minimum atomic E-state index is -0.209. The molecule has 0 saturated carbocycles. The zero-order chi connectivity index (χ0) is 20.4. The van der Waals surface area contributed by atoms with Crippen LogP contribution in [-0.4, -0.2) is 54.3 Å². The van der Waals surface area contributed by atoms with E-state index in [9.17, 15) is 9.59 Å². The molecule has 2 aliphatic rings. The van der Waals surface area contributed by atoms with Crippen LogP contribution >= 0.6 is 11.6 Å². The second-order valence-electron chi connectivity index (χ2n) is 7.30. The van der Waals surface area contributed by atoms with Crippen LogP contribution in [0.2, 0.25) is 5.02 Å². The van der Waals surface area contributed by atoms with Crippen LogP contribution in [0.15, 0.2) is 60.3 Å². The Morgan fingerprint density at radius 1 is 0.828 bits per heavy atom. The van der Waals surface area contributed by atoms with E-state index in [4.69, 9.17) is 11.6 Å². The van der Waals surface area contributed by atoms with Crippen molar-refractivity contribution in [1.29, 1.82) is 0 Å². The first-order chi connectivity index (χ1) is 14.1. The van der Waals surface area contributed by atoms with Gasteiger partial charge in [-0.25, -0.2) is 0 Å². The molecule has 0 N–H and O–H groups in total. The zero-order valence-electron chi connectivity index (χ0n) is 16.5. The lowest BCUT2D eigenvalue weighted by Gasteiger charge is -2.37. The van der Waals surface area contributed by atoms with Crippen LogP contribution in [0.3, 0.4) is 0 Å². The lowest BCUT2D eigenvalue weighted by Crippen LogP contribution is -2.47. The van der Waals surface area contributed by atoms with Crippen molar-refractivity contribution in [2.24, 2.45) is 0 Å². The van der Waals surface area contributed by atoms with Crippen LogP contribution in [0.4, 0.5) is 5.69 Å². The normalized spacial score (nSPS) is 17.5. The molecule has 6 heteroatoms. The summed E-state index contributed by atoms with van der Waals surface area (Å²) < 4.78 is 0. The van der Waals surface area contributed by atoms with Gasteiger partial charge in [0.2, 0.25) is 0 Å². The Bertz CT molecular complexity index is 932. The van der Waals surface area contributed by atoms with Crippen LogP contribution in [0.25, 0.3) is 5.57 Å². The molecule has 4 rings (SSSR count). The van der Waals surface area contributed by atoms with Crippen LogP contribution in [-0.2, 0) is 9.59 Å². The van der Waals surface area contributed by atoms with Gasteiger partial charge in [-0.2, -0.15) is 0 Å². The second-order valence-corrected chi connectivity index (χ2v) is 7.74. The summed E-state index contributed by atoms with van der Waals surface area (Å²) in [6.45, 7) is 5.40. The molecule has 0 spiro atoms. The number of halogens is 1. The number of benzene rings is 2. The molecule has 1 fully saturated rings. The van der Waals surface area contributed by atoms with Gasteiger partial charge in [0.15, 0.2) is 0 Å². The Morgan fingerprint density at radius 3 is 2.07 bits per heavy atom. The Balaban J connectivity index is 1.64. The Morgan fingerprint density at radius 2 is 1.45 bits per heavy atom. The van der Waals surface area contributed by atoms with E-state index in [-0.39, 0.29) is 11.8 Å². The summed E-state index contributed by atoms with van der Waals surface area (Å²) in [5.41, 5.74) is 2.94. The third-order valence-corrected chi connectivity index (χ3v) is 5.69. The van der Waals surface area contributed by atoms with E-state index >= 15 is 0 Å². The summed E-state index contributed by atoms with van der Waals surface area (Å²) in [6, 6.07) is 17.4. The molecule has 2 amide bonds. The van der Waals surface area contributed by atoms with Crippen molar-refractivity contribution in [3.05, 3.63) is 70.9 Å². The first-order valence-electron chi connectivity index (χ1n) is 10.0. The lowest BCUT2D eigenvalue weighted by molar-refractivity contribution is -0.137. The van der Waals surface area contributed by atoms with Gasteiger partial charge in [0.05, 0.1) is 5.57 Å². The van der Waals surface area contributed by atoms with Gasteiger partial charge in [0.25, 0.3) is 11.8 Å². The van der Waals surface area contributed by atoms with Gasteiger partial charge in [-0.15, -0.1) is 0 Å². The first-order valence-corrected chi connectivity index (χ1v) is 10.4. The minimum Gasteiger partial charge on any atom is -0.368 e. The summed E-state index contributed by atoms with van der Waals surface area (Å²) in [5.74, 6) is -0.394. The summed E-state index contributed by atoms with van der Waals surface area (Å²) in [7, 11) is 0. The summed E-state index contributed by atoms with van der Waals surface area (Å²) >= 11 is 6.03. The van der Waals surface area contributed by atoms with E-state index in [1.165, 1.54) is 10.6 Å². The summed E-state index contributed by atoms with van der Waals surface area (Å²) in [6.07, 6.45) is 0.737. The first kappa shape index (κ1) is 19.5. The van der Waals surface area contributed by atoms with Crippen molar-refractivity contribution >= 4 is 34.7 Å². The third kappa shape index (κ3) is 3.75. The number of carbonyl (C=O) groups is 2. The maximum Gasteiger partial charge on any atom is 0.277 e. The monoisotopic (exact) mass is 409 g/mol. The molecule has 2 aromatic carbocycles. The molecular weight excluding hydrogens is 386 g/mol. The van der Waals surface area contributed by atoms with Gasteiger partial charge in [-0.05, 0) is 36.2 Å². The number of imide groups is 1. The largest absolute Gasteiger partial charge is 0.368 e. The highest BCUT2D eigenvalue weighted by atomic mass is 35.5.